The van der Waals surface area contributed by atoms with Crippen molar-refractivity contribution in [1.82, 2.24) is 5.32 Å². The van der Waals surface area contributed by atoms with Crippen molar-refractivity contribution < 1.29 is 9.59 Å². The number of urea groups is 1. The molecule has 3 aromatic carbocycles. The molecule has 2 N–H and O–H groups in total. The summed E-state index contributed by atoms with van der Waals surface area (Å²) in [5, 5.41) is 5.85. The Morgan fingerprint density at radius 1 is 1.00 bits per heavy atom. The van der Waals surface area contributed by atoms with E-state index < -0.39 is 0 Å². The van der Waals surface area contributed by atoms with Crippen LogP contribution in [-0.2, 0) is 11.1 Å². The fourth-order valence-corrected chi connectivity index (χ4v) is 3.22. The highest BCUT2D eigenvalue weighted by atomic mass is 16.2. The molecular formula is C25H25BN3O2. The Morgan fingerprint density at radius 3 is 2.39 bits per heavy atom. The van der Waals surface area contributed by atoms with Gasteiger partial charge in [0.05, 0.1) is 5.69 Å². The monoisotopic (exact) mass is 410 g/mol. The molecule has 1 radical (unpaired) electrons. The van der Waals surface area contributed by atoms with Crippen LogP contribution in [0.25, 0.3) is 11.1 Å². The number of carbonyl (C=O) groups is 2. The molecule has 3 aromatic rings. The van der Waals surface area contributed by atoms with E-state index in [2.05, 4.69) is 66.0 Å². The third kappa shape index (κ3) is 6.09. The van der Waals surface area contributed by atoms with Gasteiger partial charge in [0.1, 0.15) is 6.29 Å². The Labute approximate surface area is 184 Å². The third-order valence-electron chi connectivity index (χ3n) is 4.78. The van der Waals surface area contributed by atoms with E-state index in [4.69, 9.17) is 0 Å². The van der Waals surface area contributed by atoms with Crippen molar-refractivity contribution in [3.8, 4) is 11.1 Å². The van der Waals surface area contributed by atoms with Gasteiger partial charge >= 0.3 is 6.03 Å². The molecule has 0 spiro atoms. The first-order chi connectivity index (χ1) is 15.1. The van der Waals surface area contributed by atoms with Crippen molar-refractivity contribution in [2.45, 2.75) is 13.2 Å². The fraction of sp³-hybridized carbons (Fsp3) is 0.120. The zero-order valence-electron chi connectivity index (χ0n) is 17.7. The lowest BCUT2D eigenvalue weighted by Crippen LogP contribution is -2.34. The van der Waals surface area contributed by atoms with Gasteiger partial charge in [-0.15, -0.1) is 0 Å². The van der Waals surface area contributed by atoms with Gasteiger partial charge in [-0.05, 0) is 54.7 Å². The maximum atomic E-state index is 12.0. The van der Waals surface area contributed by atoms with Crippen LogP contribution in [0, 0.1) is 6.92 Å². The summed E-state index contributed by atoms with van der Waals surface area (Å²) in [5.74, 6) is 0. The molecule has 0 saturated heterocycles. The Morgan fingerprint density at radius 2 is 1.71 bits per heavy atom. The second-order valence-corrected chi connectivity index (χ2v) is 7.07. The number of aldehydes is 1. The van der Waals surface area contributed by atoms with E-state index in [1.807, 2.05) is 31.7 Å². The minimum absolute atomic E-state index is 0.320. The topological polar surface area (TPSA) is 61.4 Å². The van der Waals surface area contributed by atoms with E-state index in [9.17, 15) is 9.59 Å². The molecule has 0 aliphatic carbocycles. The standard InChI is InChI=1S/C25H25BN3O2/c1-19-6-3-8-21(16-19)22-9-4-7-20(17-22)18-26-28-23-10-12-24(13-11-23)29(14-5-15-30)25(31)27-2/h3-17,28H,18H2,1-2H3,(H,27,31)/b14-5-. The first kappa shape index (κ1) is 21.9. The zero-order valence-corrected chi connectivity index (χ0v) is 17.7. The van der Waals surface area contributed by atoms with E-state index in [0.717, 1.165) is 12.0 Å². The summed E-state index contributed by atoms with van der Waals surface area (Å²) in [6.07, 6.45) is 4.12. The molecule has 3 rings (SSSR count). The summed E-state index contributed by atoms with van der Waals surface area (Å²) in [6.45, 7) is 2.10. The van der Waals surface area contributed by atoms with E-state index in [1.165, 1.54) is 39.4 Å². The highest BCUT2D eigenvalue weighted by Crippen LogP contribution is 2.22. The van der Waals surface area contributed by atoms with E-state index in [1.54, 1.807) is 7.05 Å². The van der Waals surface area contributed by atoms with Gasteiger partial charge in [-0.2, -0.15) is 0 Å². The number of carbonyl (C=O) groups excluding carboxylic acids is 2. The van der Waals surface area contributed by atoms with Gasteiger partial charge in [-0.25, -0.2) is 4.79 Å². The Bertz CT molecular complexity index is 1060. The largest absolute Gasteiger partial charge is 0.432 e. The van der Waals surface area contributed by atoms with Crippen molar-refractivity contribution in [2.24, 2.45) is 0 Å². The first-order valence-electron chi connectivity index (χ1n) is 10.1. The highest BCUT2D eigenvalue weighted by Gasteiger charge is 2.11. The number of nitrogens with zero attached hydrogens (tertiary/aromatic N) is 1. The number of amides is 2. The summed E-state index contributed by atoms with van der Waals surface area (Å²) in [7, 11) is 3.55. The predicted octanol–water partition coefficient (Wildman–Crippen LogP) is 4.75. The van der Waals surface area contributed by atoms with Gasteiger partial charge in [0.15, 0.2) is 0 Å². The maximum absolute atomic E-state index is 12.0. The number of nitrogens with one attached hydrogen (secondary N) is 2. The summed E-state index contributed by atoms with van der Waals surface area (Å²) in [5.41, 5.74) is 6.46. The zero-order chi connectivity index (χ0) is 22.1. The number of allylic oxidation sites excluding steroid dienone is 1. The Balaban J connectivity index is 1.61. The van der Waals surface area contributed by atoms with E-state index >= 15 is 0 Å². The fourth-order valence-electron chi connectivity index (χ4n) is 3.22. The van der Waals surface area contributed by atoms with Gasteiger partial charge in [-0.3, -0.25) is 9.69 Å². The van der Waals surface area contributed by atoms with Crippen molar-refractivity contribution >= 4 is 31.1 Å². The van der Waals surface area contributed by atoms with Crippen LogP contribution in [0.3, 0.4) is 0 Å². The molecule has 0 saturated carbocycles. The number of benzene rings is 3. The molecule has 0 heterocycles. The molecule has 0 bridgehead atoms. The quantitative estimate of drug-likeness (QED) is 0.320. The molecule has 0 fully saturated rings. The van der Waals surface area contributed by atoms with Crippen LogP contribution in [-0.4, -0.2) is 26.8 Å². The van der Waals surface area contributed by atoms with Gasteiger partial charge in [-0.1, -0.05) is 59.7 Å². The minimum atomic E-state index is -0.320. The van der Waals surface area contributed by atoms with E-state index in [-0.39, 0.29) is 6.03 Å². The number of hydrogen-bond acceptors (Lipinski definition) is 3. The third-order valence-corrected chi connectivity index (χ3v) is 4.78. The van der Waals surface area contributed by atoms with Crippen LogP contribution in [0.4, 0.5) is 16.2 Å². The SMILES string of the molecule is CNC(=O)N(/C=C\C=O)c1ccc(N[B]Cc2cccc(-c3cccc(C)c3)c2)cc1. The molecule has 6 heteroatoms. The average molecular weight is 410 g/mol. The Hall–Kier alpha value is -3.80. The lowest BCUT2D eigenvalue weighted by molar-refractivity contribution is -0.104. The maximum Gasteiger partial charge on any atom is 0.325 e. The van der Waals surface area contributed by atoms with E-state index in [0.29, 0.717) is 12.0 Å². The van der Waals surface area contributed by atoms with Crippen LogP contribution < -0.4 is 15.4 Å². The van der Waals surface area contributed by atoms with Crippen LogP contribution in [0.15, 0.2) is 85.1 Å². The van der Waals surface area contributed by atoms with Gasteiger partial charge in [0.2, 0.25) is 7.41 Å². The van der Waals surface area contributed by atoms with Crippen LogP contribution >= 0.6 is 0 Å². The van der Waals surface area contributed by atoms with Crippen LogP contribution in [0.2, 0.25) is 0 Å². The van der Waals surface area contributed by atoms with Crippen LogP contribution in [0.1, 0.15) is 11.1 Å². The molecule has 31 heavy (non-hydrogen) atoms. The number of rotatable bonds is 8. The van der Waals surface area contributed by atoms with Crippen LogP contribution in [0.5, 0.6) is 0 Å². The average Bonchev–Trinajstić information content (AvgIpc) is 2.80. The summed E-state index contributed by atoms with van der Waals surface area (Å²) in [4.78, 5) is 24.0. The van der Waals surface area contributed by atoms with Crippen molar-refractivity contribution in [1.29, 1.82) is 0 Å². The van der Waals surface area contributed by atoms with Gasteiger partial charge < -0.3 is 10.5 Å². The second kappa shape index (κ2) is 10.8. The summed E-state index contributed by atoms with van der Waals surface area (Å²) >= 11 is 0. The molecule has 0 aliphatic heterocycles. The molecule has 0 aliphatic rings. The van der Waals surface area contributed by atoms with Crippen molar-refractivity contribution in [3.63, 3.8) is 0 Å². The smallest absolute Gasteiger partial charge is 0.325 e. The molecule has 2 amide bonds. The summed E-state index contributed by atoms with van der Waals surface area (Å²) in [6, 6.07) is 24.1. The molecule has 0 unspecified atom stereocenters. The number of hydrogen-bond donors (Lipinski definition) is 2. The lowest BCUT2D eigenvalue weighted by atomic mass is 9.83. The Kier molecular flexibility index (Phi) is 7.65. The minimum Gasteiger partial charge on any atom is -0.432 e. The lowest BCUT2D eigenvalue weighted by Gasteiger charge is -2.18. The highest BCUT2D eigenvalue weighted by molar-refractivity contribution is 6.39. The molecule has 155 valence electrons. The van der Waals surface area contributed by atoms with Gasteiger partial charge in [0, 0.05) is 18.9 Å². The molecular weight excluding hydrogens is 385 g/mol. The first-order valence-corrected chi connectivity index (χ1v) is 10.1. The van der Waals surface area contributed by atoms with Crippen molar-refractivity contribution in [2.75, 3.05) is 17.2 Å². The van der Waals surface area contributed by atoms with Gasteiger partial charge in [0.25, 0.3) is 0 Å². The van der Waals surface area contributed by atoms with Crippen molar-refractivity contribution in [3.05, 3.63) is 96.2 Å². The molecule has 5 nitrogen and oxygen atoms in total. The molecule has 0 aromatic heterocycles. The normalized spacial score (nSPS) is 10.5. The summed E-state index contributed by atoms with van der Waals surface area (Å²) < 4.78 is 0. The second-order valence-electron chi connectivity index (χ2n) is 7.07. The molecule has 0 atom stereocenters. The predicted molar refractivity (Wildman–Crippen MR) is 128 cm³/mol. The number of anilines is 2. The number of aryl methyl sites for hydroxylation is 1.